The summed E-state index contributed by atoms with van der Waals surface area (Å²) < 4.78 is 0. The maximum absolute atomic E-state index is 12.7. The van der Waals surface area contributed by atoms with Crippen molar-refractivity contribution in [2.45, 2.75) is 32.2 Å². The highest BCUT2D eigenvalue weighted by Gasteiger charge is 2.34. The molecule has 0 radical (unpaired) electrons. The lowest BCUT2D eigenvalue weighted by Crippen LogP contribution is -2.48. The molecule has 0 bridgehead atoms. The molecule has 2 saturated heterocycles. The first kappa shape index (κ1) is 21.8. The molecule has 2 amide bonds. The number of nitrogens with zero attached hydrogens (tertiary/aromatic N) is 3. The van der Waals surface area contributed by atoms with Crippen molar-refractivity contribution in [2.75, 3.05) is 50.7 Å². The minimum atomic E-state index is -0.326. The number of amides is 2. The van der Waals surface area contributed by atoms with E-state index in [1.807, 2.05) is 17.5 Å². The molecule has 2 fully saturated rings. The van der Waals surface area contributed by atoms with Gasteiger partial charge in [-0.1, -0.05) is 18.2 Å². The number of nitrogens with one attached hydrogen (secondary N) is 1. The van der Waals surface area contributed by atoms with E-state index in [1.54, 1.807) is 4.90 Å². The van der Waals surface area contributed by atoms with E-state index in [-0.39, 0.29) is 17.9 Å². The number of thiophene rings is 1. The zero-order valence-corrected chi connectivity index (χ0v) is 19.1. The molecule has 1 atom stereocenters. The molecule has 6 nitrogen and oxygen atoms in total. The van der Waals surface area contributed by atoms with Gasteiger partial charge < -0.3 is 15.1 Å². The first-order chi connectivity index (χ1) is 15.1. The summed E-state index contributed by atoms with van der Waals surface area (Å²) >= 11 is 1.44. The van der Waals surface area contributed by atoms with E-state index in [9.17, 15) is 9.59 Å². The van der Waals surface area contributed by atoms with Crippen LogP contribution in [-0.2, 0) is 4.79 Å². The van der Waals surface area contributed by atoms with Gasteiger partial charge in [0.1, 0.15) is 6.04 Å². The minimum Gasteiger partial charge on any atom is -0.369 e. The van der Waals surface area contributed by atoms with Crippen molar-refractivity contribution >= 4 is 28.8 Å². The molecular weight excluding hydrogens is 408 g/mol. The predicted molar refractivity (Wildman–Crippen MR) is 126 cm³/mol. The van der Waals surface area contributed by atoms with Gasteiger partial charge in [-0.2, -0.15) is 0 Å². The minimum absolute atomic E-state index is 0.00771. The first-order valence-electron chi connectivity index (χ1n) is 11.3. The summed E-state index contributed by atoms with van der Waals surface area (Å²) in [6.45, 7) is 8.63. The van der Waals surface area contributed by atoms with E-state index in [0.717, 1.165) is 52.0 Å². The molecule has 31 heavy (non-hydrogen) atoms. The summed E-state index contributed by atoms with van der Waals surface area (Å²) in [5.74, 6) is -0.0224. The number of carbonyl (C=O) groups is 2. The number of carbonyl (C=O) groups excluding carboxylic acids is 2. The standard InChI is InChI=1S/C24H32N4O2S/c1-19-6-2-7-20(18-19)27-15-13-26(14-16-27)11-5-10-25-23(29)21-8-3-12-28(21)24(30)22-9-4-17-31-22/h2,4,6-7,9,17-18,21H,3,5,8,10-16H2,1H3,(H,25,29)/t21-/m0/s1. The summed E-state index contributed by atoms with van der Waals surface area (Å²) in [7, 11) is 0. The van der Waals surface area contributed by atoms with Crippen LogP contribution in [-0.4, -0.2) is 73.5 Å². The van der Waals surface area contributed by atoms with Gasteiger partial charge in [0.2, 0.25) is 5.91 Å². The summed E-state index contributed by atoms with van der Waals surface area (Å²) in [4.78, 5) is 32.7. The SMILES string of the molecule is Cc1cccc(N2CCN(CCCNC(=O)[C@@H]3CCCN3C(=O)c3cccs3)CC2)c1. The van der Waals surface area contributed by atoms with E-state index in [2.05, 4.69) is 46.3 Å². The second kappa shape index (κ2) is 10.3. The highest BCUT2D eigenvalue weighted by molar-refractivity contribution is 7.12. The number of rotatable bonds is 7. The molecule has 0 spiro atoms. The molecule has 7 heteroatoms. The summed E-state index contributed by atoms with van der Waals surface area (Å²) in [6.07, 6.45) is 2.58. The number of benzene rings is 1. The zero-order chi connectivity index (χ0) is 21.6. The molecule has 0 aliphatic carbocycles. The van der Waals surface area contributed by atoms with E-state index < -0.39 is 0 Å². The monoisotopic (exact) mass is 440 g/mol. The number of anilines is 1. The summed E-state index contributed by atoms with van der Waals surface area (Å²) in [6, 6.07) is 12.1. The molecule has 1 aromatic carbocycles. The fourth-order valence-corrected chi connectivity index (χ4v) is 5.19. The van der Waals surface area contributed by atoms with Crippen LogP contribution in [0.2, 0.25) is 0 Å². The van der Waals surface area contributed by atoms with Crippen molar-refractivity contribution in [2.24, 2.45) is 0 Å². The predicted octanol–water partition coefficient (Wildman–Crippen LogP) is 2.99. The third kappa shape index (κ3) is 5.46. The van der Waals surface area contributed by atoms with E-state index in [4.69, 9.17) is 0 Å². The zero-order valence-electron chi connectivity index (χ0n) is 18.3. The highest BCUT2D eigenvalue weighted by Crippen LogP contribution is 2.22. The van der Waals surface area contributed by atoms with Gasteiger partial charge in [0, 0.05) is 45.0 Å². The Kier molecular flexibility index (Phi) is 7.25. The van der Waals surface area contributed by atoms with Crippen LogP contribution in [0.1, 0.15) is 34.5 Å². The van der Waals surface area contributed by atoms with Crippen molar-refractivity contribution in [3.63, 3.8) is 0 Å². The van der Waals surface area contributed by atoms with Gasteiger partial charge in [0.05, 0.1) is 4.88 Å². The largest absolute Gasteiger partial charge is 0.369 e. The molecule has 2 aliphatic heterocycles. The van der Waals surface area contributed by atoms with Gasteiger partial charge >= 0.3 is 0 Å². The van der Waals surface area contributed by atoms with Crippen LogP contribution in [0, 0.1) is 6.92 Å². The molecule has 3 heterocycles. The Morgan fingerprint density at radius 3 is 2.68 bits per heavy atom. The van der Waals surface area contributed by atoms with Gasteiger partial charge in [-0.3, -0.25) is 14.5 Å². The van der Waals surface area contributed by atoms with Gasteiger partial charge in [-0.05, 0) is 61.9 Å². The quantitative estimate of drug-likeness (QED) is 0.673. The van der Waals surface area contributed by atoms with Crippen LogP contribution in [0.5, 0.6) is 0 Å². The van der Waals surface area contributed by atoms with Gasteiger partial charge in [-0.25, -0.2) is 0 Å². The van der Waals surface area contributed by atoms with Crippen molar-refractivity contribution in [1.29, 1.82) is 0 Å². The molecule has 0 unspecified atom stereocenters. The Morgan fingerprint density at radius 2 is 1.94 bits per heavy atom. The fraction of sp³-hybridized carbons (Fsp3) is 0.500. The molecular formula is C24H32N4O2S. The van der Waals surface area contributed by atoms with Gasteiger partial charge in [-0.15, -0.1) is 11.3 Å². The second-order valence-corrected chi connectivity index (χ2v) is 9.39. The third-order valence-electron chi connectivity index (χ3n) is 6.24. The van der Waals surface area contributed by atoms with Crippen LogP contribution < -0.4 is 10.2 Å². The Hall–Kier alpha value is -2.38. The average Bonchev–Trinajstić information content (AvgIpc) is 3.49. The van der Waals surface area contributed by atoms with E-state index >= 15 is 0 Å². The molecule has 1 aromatic heterocycles. The average molecular weight is 441 g/mol. The molecule has 1 N–H and O–H groups in total. The van der Waals surface area contributed by atoms with Crippen LogP contribution >= 0.6 is 11.3 Å². The lowest BCUT2D eigenvalue weighted by molar-refractivity contribution is -0.124. The topological polar surface area (TPSA) is 55.9 Å². The maximum Gasteiger partial charge on any atom is 0.264 e. The van der Waals surface area contributed by atoms with Crippen molar-refractivity contribution < 1.29 is 9.59 Å². The molecule has 4 rings (SSSR count). The van der Waals surface area contributed by atoms with Crippen LogP contribution in [0.15, 0.2) is 41.8 Å². The van der Waals surface area contributed by atoms with Crippen LogP contribution in [0.3, 0.4) is 0 Å². The number of likely N-dealkylation sites (tertiary alicyclic amines) is 1. The number of aryl methyl sites for hydroxylation is 1. The maximum atomic E-state index is 12.7. The van der Waals surface area contributed by atoms with E-state index in [1.165, 1.54) is 22.6 Å². The normalized spacial score (nSPS) is 19.6. The van der Waals surface area contributed by atoms with Crippen molar-refractivity contribution in [3.8, 4) is 0 Å². The number of hydrogen-bond acceptors (Lipinski definition) is 5. The first-order valence-corrected chi connectivity index (χ1v) is 12.2. The van der Waals surface area contributed by atoms with Crippen LogP contribution in [0.25, 0.3) is 0 Å². The highest BCUT2D eigenvalue weighted by atomic mass is 32.1. The third-order valence-corrected chi connectivity index (χ3v) is 7.10. The number of piperazine rings is 1. The Morgan fingerprint density at radius 1 is 1.10 bits per heavy atom. The Balaban J connectivity index is 1.16. The van der Waals surface area contributed by atoms with Crippen molar-refractivity contribution in [1.82, 2.24) is 15.1 Å². The summed E-state index contributed by atoms with van der Waals surface area (Å²) in [5, 5.41) is 4.97. The molecule has 2 aliphatic rings. The lowest BCUT2D eigenvalue weighted by Gasteiger charge is -2.36. The van der Waals surface area contributed by atoms with E-state index in [0.29, 0.717) is 18.0 Å². The smallest absolute Gasteiger partial charge is 0.264 e. The van der Waals surface area contributed by atoms with Crippen molar-refractivity contribution in [3.05, 3.63) is 52.2 Å². The Labute approximate surface area is 188 Å². The lowest BCUT2D eigenvalue weighted by atomic mass is 10.2. The van der Waals surface area contributed by atoms with Gasteiger partial charge in [0.15, 0.2) is 0 Å². The molecule has 0 saturated carbocycles. The second-order valence-electron chi connectivity index (χ2n) is 8.45. The fourth-order valence-electron chi connectivity index (χ4n) is 4.51. The summed E-state index contributed by atoms with van der Waals surface area (Å²) in [5.41, 5.74) is 2.61. The molecule has 166 valence electrons. The molecule has 2 aromatic rings. The van der Waals surface area contributed by atoms with Gasteiger partial charge in [0.25, 0.3) is 5.91 Å². The Bertz CT molecular complexity index is 877. The number of hydrogen-bond donors (Lipinski definition) is 1. The van der Waals surface area contributed by atoms with Crippen LogP contribution in [0.4, 0.5) is 5.69 Å².